The van der Waals surface area contributed by atoms with Crippen LogP contribution in [0.2, 0.25) is 0 Å². The van der Waals surface area contributed by atoms with Gasteiger partial charge in [0.15, 0.2) is 5.42 Å². The number of rotatable bonds is 2. The molecule has 2 aromatic rings. The van der Waals surface area contributed by atoms with Crippen molar-refractivity contribution in [2.24, 2.45) is 0 Å². The Balaban J connectivity index is 0.000000614. The molecule has 0 radical (unpaired) electrons. The Labute approximate surface area is 151 Å². The third kappa shape index (κ3) is 7.86. The van der Waals surface area contributed by atoms with Crippen LogP contribution in [-0.4, -0.2) is 22.7 Å². The summed E-state index contributed by atoms with van der Waals surface area (Å²) < 4.78 is 5.58. The predicted molar refractivity (Wildman–Crippen MR) is 108 cm³/mol. The first-order chi connectivity index (χ1) is 11.8. The third-order valence-electron chi connectivity index (χ3n) is 3.10. The van der Waals surface area contributed by atoms with E-state index in [1.807, 2.05) is 40.0 Å². The van der Waals surface area contributed by atoms with Crippen molar-refractivity contribution in [2.45, 2.75) is 47.1 Å². The lowest BCUT2D eigenvalue weighted by Gasteiger charge is -2.15. The van der Waals surface area contributed by atoms with Crippen molar-refractivity contribution in [1.29, 1.82) is 0 Å². The number of phenols is 1. The average molecular weight is 344 g/mol. The van der Waals surface area contributed by atoms with Gasteiger partial charge in [0.05, 0.1) is 5.56 Å². The van der Waals surface area contributed by atoms with Gasteiger partial charge in [0.2, 0.25) is 5.89 Å². The van der Waals surface area contributed by atoms with Crippen molar-refractivity contribution >= 4 is 12.2 Å². The average Bonchev–Trinajstić information content (AvgIpc) is 3.00. The van der Waals surface area contributed by atoms with Gasteiger partial charge in [-0.2, -0.15) is 0 Å². The maximum atomic E-state index is 9.73. The highest BCUT2D eigenvalue weighted by Gasteiger charge is 2.08. The van der Waals surface area contributed by atoms with E-state index in [1.54, 1.807) is 30.4 Å². The summed E-state index contributed by atoms with van der Waals surface area (Å²) in [4.78, 5) is 4.32. The van der Waals surface area contributed by atoms with Gasteiger partial charge in [-0.15, -0.1) is 0 Å². The van der Waals surface area contributed by atoms with E-state index in [4.69, 9.17) is 4.42 Å². The lowest BCUT2D eigenvalue weighted by Crippen LogP contribution is -2.31. The molecule has 1 heterocycles. The maximum Gasteiger partial charge on any atom is 0.231 e. The lowest BCUT2D eigenvalue weighted by atomic mass is 10.1. The quantitative estimate of drug-likeness (QED) is 0.869. The number of aromatic nitrogens is 1. The number of allylic oxidation sites excluding steroid dienone is 1. The fourth-order valence-electron chi connectivity index (χ4n) is 1.55. The van der Waals surface area contributed by atoms with E-state index in [0.717, 1.165) is 0 Å². The molecule has 0 aliphatic rings. The third-order valence-corrected chi connectivity index (χ3v) is 3.10. The summed E-state index contributed by atoms with van der Waals surface area (Å²) in [5.41, 5.74) is 1.54. The van der Waals surface area contributed by atoms with Crippen LogP contribution < -0.4 is 16.1 Å². The number of para-hydroxylation sites is 1. The van der Waals surface area contributed by atoms with E-state index >= 15 is 0 Å². The molecule has 0 aliphatic heterocycles. The second-order valence-corrected chi connectivity index (χ2v) is 5.98. The summed E-state index contributed by atoms with van der Waals surface area (Å²) in [5, 5.41) is 13.5. The minimum atomic E-state index is 0.154. The highest BCUT2D eigenvalue weighted by atomic mass is 16.3. The van der Waals surface area contributed by atoms with Crippen LogP contribution in [0.25, 0.3) is 23.6 Å². The van der Waals surface area contributed by atoms with Gasteiger partial charge < -0.3 is 14.8 Å². The van der Waals surface area contributed by atoms with Gasteiger partial charge in [-0.05, 0) is 59.0 Å². The minimum Gasteiger partial charge on any atom is -0.507 e. The van der Waals surface area contributed by atoms with Crippen LogP contribution in [0, 0.1) is 0 Å². The molecule has 0 fully saturated rings. The Kier molecular flexibility index (Phi) is 10.2. The SMILES string of the molecule is C=C/C=c1/nc(-c2ccccc2O)o/c1=C/C.CC.CNC(C)(C)C. The Bertz CT molecular complexity index is 753. The largest absolute Gasteiger partial charge is 0.507 e. The molecule has 0 atom stereocenters. The van der Waals surface area contributed by atoms with Crippen molar-refractivity contribution < 1.29 is 9.52 Å². The van der Waals surface area contributed by atoms with Gasteiger partial charge in [0.25, 0.3) is 0 Å². The molecule has 25 heavy (non-hydrogen) atoms. The van der Waals surface area contributed by atoms with E-state index < -0.39 is 0 Å². The van der Waals surface area contributed by atoms with E-state index in [1.165, 1.54) is 0 Å². The van der Waals surface area contributed by atoms with Gasteiger partial charge in [-0.1, -0.05) is 38.6 Å². The molecule has 4 nitrogen and oxygen atoms in total. The Morgan fingerprint density at radius 3 is 2.20 bits per heavy atom. The van der Waals surface area contributed by atoms with Crippen LogP contribution in [0.5, 0.6) is 5.75 Å². The van der Waals surface area contributed by atoms with Crippen LogP contribution in [0.4, 0.5) is 0 Å². The molecular weight excluding hydrogens is 312 g/mol. The standard InChI is InChI=1S/C14H13NO2.C5H13N.C2H6/c1-3-7-11-13(4-2)17-14(15-11)10-8-5-6-9-12(10)16;1-5(2,3)6-4;1-2/h3-9,16H,1H2,2H3;6H,1-4H3;1-2H3/b11-7+,13-4+;;. The number of aromatic hydroxyl groups is 1. The molecule has 0 saturated carbocycles. The normalized spacial score (nSPS) is 12.0. The molecule has 138 valence electrons. The van der Waals surface area contributed by atoms with Gasteiger partial charge >= 0.3 is 0 Å². The zero-order valence-electron chi connectivity index (χ0n) is 16.6. The smallest absolute Gasteiger partial charge is 0.231 e. The Morgan fingerprint density at radius 1 is 1.20 bits per heavy atom. The van der Waals surface area contributed by atoms with Crippen LogP contribution in [-0.2, 0) is 0 Å². The summed E-state index contributed by atoms with van der Waals surface area (Å²) in [6, 6.07) is 6.95. The van der Waals surface area contributed by atoms with Crippen LogP contribution in [0.3, 0.4) is 0 Å². The van der Waals surface area contributed by atoms with Crippen LogP contribution in [0.15, 0.2) is 41.3 Å². The van der Waals surface area contributed by atoms with Crippen molar-refractivity contribution in [3.8, 4) is 17.2 Å². The van der Waals surface area contributed by atoms with Gasteiger partial charge in [0.1, 0.15) is 11.1 Å². The molecule has 0 saturated heterocycles. The first-order valence-corrected chi connectivity index (χ1v) is 8.55. The minimum absolute atomic E-state index is 0.154. The summed E-state index contributed by atoms with van der Waals surface area (Å²) in [5.74, 6) is 0.561. The maximum absolute atomic E-state index is 9.73. The highest BCUT2D eigenvalue weighted by Crippen LogP contribution is 2.25. The number of benzene rings is 1. The van der Waals surface area contributed by atoms with Crippen LogP contribution >= 0.6 is 0 Å². The number of phenolic OH excluding ortho intramolecular Hbond substituents is 1. The van der Waals surface area contributed by atoms with Crippen molar-refractivity contribution in [2.75, 3.05) is 7.05 Å². The van der Waals surface area contributed by atoms with Crippen molar-refractivity contribution in [3.63, 3.8) is 0 Å². The monoisotopic (exact) mass is 344 g/mol. The lowest BCUT2D eigenvalue weighted by molar-refractivity contribution is 0.469. The molecule has 4 heteroatoms. The predicted octanol–water partition coefficient (Wildman–Crippen LogP) is 3.84. The first-order valence-electron chi connectivity index (χ1n) is 8.55. The highest BCUT2D eigenvalue weighted by molar-refractivity contribution is 5.62. The van der Waals surface area contributed by atoms with Crippen molar-refractivity contribution in [3.05, 3.63) is 47.7 Å². The summed E-state index contributed by atoms with van der Waals surface area (Å²) in [7, 11) is 1.96. The number of hydrogen-bond donors (Lipinski definition) is 2. The van der Waals surface area contributed by atoms with Crippen molar-refractivity contribution in [1.82, 2.24) is 10.3 Å². The molecule has 0 amide bonds. The number of oxazole rings is 1. The van der Waals surface area contributed by atoms with E-state index in [9.17, 15) is 5.11 Å². The molecule has 0 bridgehead atoms. The second kappa shape index (κ2) is 11.3. The summed E-state index contributed by atoms with van der Waals surface area (Å²) >= 11 is 0. The molecular formula is C21H32N2O2. The number of nitrogens with one attached hydrogen (secondary N) is 1. The molecule has 0 aliphatic carbocycles. The molecule has 2 N–H and O–H groups in total. The van der Waals surface area contributed by atoms with E-state index in [2.05, 4.69) is 37.7 Å². The second-order valence-electron chi connectivity index (χ2n) is 5.98. The van der Waals surface area contributed by atoms with Crippen LogP contribution in [0.1, 0.15) is 41.5 Å². The molecule has 1 aromatic heterocycles. The topological polar surface area (TPSA) is 58.3 Å². The Hall–Kier alpha value is -2.33. The fraction of sp³-hybridized carbons (Fsp3) is 0.381. The Morgan fingerprint density at radius 2 is 1.76 bits per heavy atom. The van der Waals surface area contributed by atoms with E-state index in [0.29, 0.717) is 27.8 Å². The fourth-order valence-corrected chi connectivity index (χ4v) is 1.55. The number of hydrogen-bond acceptors (Lipinski definition) is 4. The zero-order chi connectivity index (χ0) is 19.5. The molecule has 0 unspecified atom stereocenters. The van der Waals surface area contributed by atoms with E-state index in [-0.39, 0.29) is 5.75 Å². The zero-order valence-corrected chi connectivity index (χ0v) is 16.6. The molecule has 2 rings (SSSR count). The number of nitrogens with zero attached hydrogens (tertiary/aromatic N) is 1. The van der Waals surface area contributed by atoms with Gasteiger partial charge in [-0.3, -0.25) is 0 Å². The molecule has 1 aromatic carbocycles. The van der Waals surface area contributed by atoms with Gasteiger partial charge in [-0.25, -0.2) is 4.98 Å². The molecule has 0 spiro atoms. The van der Waals surface area contributed by atoms with Gasteiger partial charge in [0, 0.05) is 5.54 Å². The summed E-state index contributed by atoms with van der Waals surface area (Å²) in [6.45, 7) is 15.9. The first kappa shape index (κ1) is 22.7. The summed E-state index contributed by atoms with van der Waals surface area (Å²) in [6.07, 6.45) is 5.24.